The smallest absolute Gasteiger partial charge is 0.333 e. The van der Waals surface area contributed by atoms with E-state index in [9.17, 15) is 9.90 Å². The Morgan fingerprint density at radius 3 is 2.87 bits per heavy atom. The zero-order valence-corrected chi connectivity index (χ0v) is 14.2. The van der Waals surface area contributed by atoms with E-state index in [4.69, 9.17) is 9.15 Å². The molecule has 0 radical (unpaired) electrons. The maximum Gasteiger partial charge on any atom is 0.333 e. The van der Waals surface area contributed by atoms with Gasteiger partial charge in [-0.1, -0.05) is 32.1 Å². The molecule has 0 bridgehead atoms. The van der Waals surface area contributed by atoms with Gasteiger partial charge in [0.25, 0.3) is 0 Å². The average molecular weight is 316 g/mol. The standard InChI is InChI=1S/C19H24O4/c1-10(2)18(21)23-14-7-6-13-8-15-16(11(3)9-22-15)17(20)19(13,5)12(14)4/h6,9,12,14,17,20H,1,7-8H2,2-5H3. The highest BCUT2D eigenvalue weighted by molar-refractivity contribution is 5.87. The van der Waals surface area contributed by atoms with Crippen LogP contribution in [0.25, 0.3) is 0 Å². The Hall–Kier alpha value is -1.81. The molecule has 3 rings (SSSR count). The average Bonchev–Trinajstić information content (AvgIpc) is 2.86. The molecule has 1 aromatic heterocycles. The Morgan fingerprint density at radius 1 is 1.52 bits per heavy atom. The minimum absolute atomic E-state index is 0.00301. The number of aliphatic hydroxyl groups excluding tert-OH is 1. The first-order valence-electron chi connectivity index (χ1n) is 8.07. The zero-order chi connectivity index (χ0) is 16.9. The van der Waals surface area contributed by atoms with Crippen LogP contribution in [-0.4, -0.2) is 17.2 Å². The molecule has 0 aromatic carbocycles. The zero-order valence-electron chi connectivity index (χ0n) is 14.2. The molecule has 0 spiro atoms. The second kappa shape index (κ2) is 5.38. The van der Waals surface area contributed by atoms with Crippen LogP contribution in [0.5, 0.6) is 0 Å². The van der Waals surface area contributed by atoms with Crippen molar-refractivity contribution in [3.8, 4) is 0 Å². The summed E-state index contributed by atoms with van der Waals surface area (Å²) in [7, 11) is 0. The summed E-state index contributed by atoms with van der Waals surface area (Å²) in [6.45, 7) is 11.4. The van der Waals surface area contributed by atoms with Crippen molar-refractivity contribution in [2.45, 2.75) is 52.7 Å². The van der Waals surface area contributed by atoms with Gasteiger partial charge in [0.2, 0.25) is 0 Å². The van der Waals surface area contributed by atoms with Crippen LogP contribution in [0.2, 0.25) is 0 Å². The first-order valence-corrected chi connectivity index (χ1v) is 8.07. The van der Waals surface area contributed by atoms with Crippen LogP contribution >= 0.6 is 0 Å². The van der Waals surface area contributed by atoms with Gasteiger partial charge in [0.15, 0.2) is 0 Å². The Labute approximate surface area is 136 Å². The Balaban J connectivity index is 1.97. The molecule has 0 aliphatic heterocycles. The molecule has 0 saturated carbocycles. The lowest BCUT2D eigenvalue weighted by Gasteiger charge is -2.49. The fraction of sp³-hybridized carbons (Fsp3) is 0.526. The predicted molar refractivity (Wildman–Crippen MR) is 86.8 cm³/mol. The molecule has 23 heavy (non-hydrogen) atoms. The van der Waals surface area contributed by atoms with Gasteiger partial charge in [-0.15, -0.1) is 0 Å². The van der Waals surface area contributed by atoms with Gasteiger partial charge >= 0.3 is 5.97 Å². The summed E-state index contributed by atoms with van der Waals surface area (Å²) in [5, 5.41) is 11.1. The first kappa shape index (κ1) is 16.1. The van der Waals surface area contributed by atoms with Crippen molar-refractivity contribution in [1.82, 2.24) is 0 Å². The molecule has 1 heterocycles. The number of aliphatic hydroxyl groups is 1. The number of carbonyl (C=O) groups excluding carboxylic acids is 1. The molecule has 4 atom stereocenters. The lowest BCUT2D eigenvalue weighted by molar-refractivity contribution is -0.152. The molecule has 0 saturated heterocycles. The third kappa shape index (κ3) is 2.27. The van der Waals surface area contributed by atoms with Crippen LogP contribution in [0.1, 0.15) is 50.2 Å². The second-order valence-corrected chi connectivity index (χ2v) is 7.10. The summed E-state index contributed by atoms with van der Waals surface area (Å²) < 4.78 is 11.2. The van der Waals surface area contributed by atoms with E-state index in [1.54, 1.807) is 13.2 Å². The Morgan fingerprint density at radius 2 is 2.22 bits per heavy atom. The molecule has 1 aromatic rings. The van der Waals surface area contributed by atoms with Crippen LogP contribution in [0.15, 0.2) is 34.5 Å². The van der Waals surface area contributed by atoms with Crippen LogP contribution in [-0.2, 0) is 16.0 Å². The van der Waals surface area contributed by atoms with Gasteiger partial charge < -0.3 is 14.3 Å². The van der Waals surface area contributed by atoms with Crippen LogP contribution < -0.4 is 0 Å². The summed E-state index contributed by atoms with van der Waals surface area (Å²) >= 11 is 0. The minimum atomic E-state index is -0.655. The monoisotopic (exact) mass is 316 g/mol. The normalized spacial score (nSPS) is 32.6. The third-order valence-electron chi connectivity index (χ3n) is 5.69. The van der Waals surface area contributed by atoms with E-state index in [1.807, 2.05) is 13.8 Å². The fourth-order valence-corrected chi connectivity index (χ4v) is 3.92. The molecule has 124 valence electrons. The van der Waals surface area contributed by atoms with Gasteiger partial charge in [0.1, 0.15) is 11.9 Å². The van der Waals surface area contributed by atoms with E-state index in [1.165, 1.54) is 5.57 Å². The highest BCUT2D eigenvalue weighted by Crippen LogP contribution is 2.56. The first-order chi connectivity index (χ1) is 10.8. The largest absolute Gasteiger partial charge is 0.468 e. The predicted octanol–water partition coefficient (Wildman–Crippen LogP) is 3.64. The van der Waals surface area contributed by atoms with E-state index in [0.717, 1.165) is 16.9 Å². The van der Waals surface area contributed by atoms with Gasteiger partial charge in [-0.2, -0.15) is 0 Å². The molecule has 0 fully saturated rings. The molecule has 0 amide bonds. The van der Waals surface area contributed by atoms with Gasteiger partial charge in [0.05, 0.1) is 12.4 Å². The van der Waals surface area contributed by atoms with Gasteiger partial charge in [0, 0.05) is 35.3 Å². The van der Waals surface area contributed by atoms with Crippen molar-refractivity contribution < 1.29 is 19.1 Å². The summed E-state index contributed by atoms with van der Waals surface area (Å²) in [6, 6.07) is 0. The number of fused-ring (bicyclic) bond motifs is 2. The molecule has 4 heteroatoms. The maximum absolute atomic E-state index is 11.9. The highest BCUT2D eigenvalue weighted by Gasteiger charge is 2.52. The van der Waals surface area contributed by atoms with E-state index in [-0.39, 0.29) is 18.0 Å². The topological polar surface area (TPSA) is 59.7 Å². The van der Waals surface area contributed by atoms with Gasteiger partial charge in [-0.25, -0.2) is 4.79 Å². The highest BCUT2D eigenvalue weighted by atomic mass is 16.5. The van der Waals surface area contributed by atoms with E-state index in [2.05, 4.69) is 19.6 Å². The molecule has 2 aliphatic rings. The molecule has 4 unspecified atom stereocenters. The Bertz CT molecular complexity index is 696. The van der Waals surface area contributed by atoms with Crippen LogP contribution in [0, 0.1) is 18.3 Å². The van der Waals surface area contributed by atoms with Crippen molar-refractivity contribution in [1.29, 1.82) is 0 Å². The lowest BCUT2D eigenvalue weighted by Crippen LogP contribution is -2.47. The van der Waals surface area contributed by atoms with Crippen LogP contribution in [0.4, 0.5) is 0 Å². The van der Waals surface area contributed by atoms with E-state index in [0.29, 0.717) is 18.4 Å². The van der Waals surface area contributed by atoms with Crippen molar-refractivity contribution in [2.24, 2.45) is 11.3 Å². The second-order valence-electron chi connectivity index (χ2n) is 7.10. The summed E-state index contributed by atoms with van der Waals surface area (Å²) in [6.07, 6.45) is 4.27. The van der Waals surface area contributed by atoms with E-state index >= 15 is 0 Å². The molecular weight excluding hydrogens is 292 g/mol. The van der Waals surface area contributed by atoms with Crippen molar-refractivity contribution >= 4 is 5.97 Å². The molecular formula is C19H24O4. The summed E-state index contributed by atoms with van der Waals surface area (Å²) in [4.78, 5) is 11.9. The molecule has 4 nitrogen and oxygen atoms in total. The fourth-order valence-electron chi connectivity index (χ4n) is 3.92. The van der Waals surface area contributed by atoms with Gasteiger partial charge in [-0.05, 0) is 19.4 Å². The summed E-state index contributed by atoms with van der Waals surface area (Å²) in [5.74, 6) is 0.485. The number of hydrogen-bond acceptors (Lipinski definition) is 4. The van der Waals surface area contributed by atoms with E-state index < -0.39 is 11.5 Å². The van der Waals surface area contributed by atoms with Crippen molar-refractivity contribution in [3.63, 3.8) is 0 Å². The van der Waals surface area contributed by atoms with Crippen molar-refractivity contribution in [3.05, 3.63) is 47.0 Å². The number of ether oxygens (including phenoxy) is 1. The maximum atomic E-state index is 11.9. The number of esters is 1. The Kier molecular flexibility index (Phi) is 3.75. The SMILES string of the molecule is C=C(C)C(=O)OC1CC=C2Cc3occ(C)c3C(O)C2(C)C1C. The van der Waals surface area contributed by atoms with Crippen molar-refractivity contribution in [2.75, 3.05) is 0 Å². The number of rotatable bonds is 2. The molecule has 1 N–H and O–H groups in total. The number of carbonyl (C=O) groups is 1. The molecule has 2 aliphatic carbocycles. The third-order valence-corrected chi connectivity index (χ3v) is 5.69. The number of hydrogen-bond donors (Lipinski definition) is 1. The summed E-state index contributed by atoms with van der Waals surface area (Å²) in [5.41, 5.74) is 2.97. The minimum Gasteiger partial charge on any atom is -0.468 e. The van der Waals surface area contributed by atoms with Crippen LogP contribution in [0.3, 0.4) is 0 Å². The van der Waals surface area contributed by atoms with Gasteiger partial charge in [-0.3, -0.25) is 0 Å². The quantitative estimate of drug-likeness (QED) is 0.514. The number of aryl methyl sites for hydroxylation is 1. The lowest BCUT2D eigenvalue weighted by atomic mass is 9.58. The number of furan rings is 1.